The van der Waals surface area contributed by atoms with Gasteiger partial charge in [-0.3, -0.25) is 9.59 Å². The van der Waals surface area contributed by atoms with Crippen LogP contribution in [0.2, 0.25) is 0 Å². The zero-order valence-corrected chi connectivity index (χ0v) is 18.9. The number of nitrogens with zero attached hydrogens (tertiary/aromatic N) is 2. The maximum atomic E-state index is 13.3. The van der Waals surface area contributed by atoms with Gasteiger partial charge < -0.3 is 20.4 Å². The van der Waals surface area contributed by atoms with Crippen molar-refractivity contribution in [2.75, 3.05) is 19.6 Å². The highest BCUT2D eigenvalue weighted by molar-refractivity contribution is 5.89. The van der Waals surface area contributed by atoms with Crippen LogP contribution in [0, 0.1) is 11.8 Å². The second kappa shape index (κ2) is 10.8. The van der Waals surface area contributed by atoms with Crippen molar-refractivity contribution in [3.05, 3.63) is 0 Å². The highest BCUT2D eigenvalue weighted by atomic mass is 16.2. The van der Waals surface area contributed by atoms with E-state index in [-0.39, 0.29) is 41.8 Å². The zero-order chi connectivity index (χ0) is 21.6. The highest BCUT2D eigenvalue weighted by Gasteiger charge is 2.36. The van der Waals surface area contributed by atoms with Gasteiger partial charge in [0, 0.05) is 37.6 Å². The molecule has 0 radical (unpaired) electrons. The van der Waals surface area contributed by atoms with Crippen LogP contribution in [0.15, 0.2) is 0 Å². The summed E-state index contributed by atoms with van der Waals surface area (Å²) in [5, 5.41) is 6.01. The molecule has 7 nitrogen and oxygen atoms in total. The lowest BCUT2D eigenvalue weighted by molar-refractivity contribution is -0.141. The third-order valence-electron chi connectivity index (χ3n) is 6.36. The first-order valence-electron chi connectivity index (χ1n) is 11.4. The molecule has 0 aromatic rings. The molecule has 3 unspecified atom stereocenters. The van der Waals surface area contributed by atoms with Gasteiger partial charge in [-0.1, -0.05) is 39.5 Å². The molecule has 7 heteroatoms. The molecule has 2 rings (SSSR count). The molecule has 2 fully saturated rings. The van der Waals surface area contributed by atoms with Crippen molar-refractivity contribution in [3.63, 3.8) is 0 Å². The lowest BCUT2D eigenvalue weighted by Crippen LogP contribution is -2.61. The van der Waals surface area contributed by atoms with Crippen molar-refractivity contribution < 1.29 is 14.4 Å². The molecule has 2 aliphatic rings. The molecule has 4 amide bonds. The Kier molecular flexibility index (Phi) is 8.78. The van der Waals surface area contributed by atoms with Gasteiger partial charge in [-0.25, -0.2) is 4.79 Å². The first-order chi connectivity index (χ1) is 13.7. The molecule has 1 saturated heterocycles. The zero-order valence-electron chi connectivity index (χ0n) is 18.9. The summed E-state index contributed by atoms with van der Waals surface area (Å²) in [7, 11) is 0. The van der Waals surface area contributed by atoms with E-state index in [1.807, 2.05) is 32.6 Å². The van der Waals surface area contributed by atoms with Crippen LogP contribution < -0.4 is 10.6 Å². The second-order valence-electron chi connectivity index (χ2n) is 9.14. The fraction of sp³-hybridized carbons (Fsp3) is 0.864. The minimum atomic E-state index is -0.488. The Balaban J connectivity index is 2.00. The Bertz CT molecular complexity index is 574. The van der Waals surface area contributed by atoms with E-state index in [2.05, 4.69) is 17.6 Å². The standard InChI is InChI=1S/C22H40N4O3/c1-6-16(4)19(24-20(27)18-10-8-7-9-11-18)21(28)25-12-13-26(17(5)14-25)22(29)23-15(2)3/h15-19H,6-14H2,1-5H3,(H,23,29)(H,24,27). The lowest BCUT2D eigenvalue weighted by Gasteiger charge is -2.42. The van der Waals surface area contributed by atoms with Crippen molar-refractivity contribution in [3.8, 4) is 0 Å². The number of hydrogen-bond donors (Lipinski definition) is 2. The lowest BCUT2D eigenvalue weighted by atomic mass is 9.87. The number of nitrogens with one attached hydrogen (secondary N) is 2. The summed E-state index contributed by atoms with van der Waals surface area (Å²) in [6, 6.07) is -0.543. The second-order valence-corrected chi connectivity index (χ2v) is 9.14. The summed E-state index contributed by atoms with van der Waals surface area (Å²) in [6.07, 6.45) is 6.06. The van der Waals surface area contributed by atoms with Crippen LogP contribution >= 0.6 is 0 Å². The van der Waals surface area contributed by atoms with Crippen molar-refractivity contribution in [2.24, 2.45) is 11.8 Å². The van der Waals surface area contributed by atoms with E-state index < -0.39 is 6.04 Å². The van der Waals surface area contributed by atoms with Gasteiger partial charge >= 0.3 is 6.03 Å². The third kappa shape index (κ3) is 6.34. The summed E-state index contributed by atoms with van der Waals surface area (Å²) in [5.41, 5.74) is 0. The molecule has 2 N–H and O–H groups in total. The first kappa shape index (κ1) is 23.5. The van der Waals surface area contributed by atoms with Crippen LogP contribution in [0.1, 0.15) is 73.1 Å². The minimum absolute atomic E-state index is 0.0146. The summed E-state index contributed by atoms with van der Waals surface area (Å²) in [6.45, 7) is 11.4. The summed E-state index contributed by atoms with van der Waals surface area (Å²) >= 11 is 0. The van der Waals surface area contributed by atoms with E-state index in [1.54, 1.807) is 4.90 Å². The molecule has 166 valence electrons. The molecule has 0 aromatic heterocycles. The third-order valence-corrected chi connectivity index (χ3v) is 6.36. The van der Waals surface area contributed by atoms with Gasteiger partial charge in [-0.15, -0.1) is 0 Å². The molecule has 1 aliphatic heterocycles. The Morgan fingerprint density at radius 2 is 1.66 bits per heavy atom. The number of piperazine rings is 1. The van der Waals surface area contributed by atoms with E-state index in [9.17, 15) is 14.4 Å². The van der Waals surface area contributed by atoms with Crippen LogP contribution in [0.25, 0.3) is 0 Å². The molecule has 0 bridgehead atoms. The van der Waals surface area contributed by atoms with Crippen molar-refractivity contribution in [2.45, 2.75) is 91.3 Å². The molecule has 29 heavy (non-hydrogen) atoms. The summed E-state index contributed by atoms with van der Waals surface area (Å²) in [5.74, 6) is 0.136. The fourth-order valence-corrected chi connectivity index (χ4v) is 4.31. The predicted molar refractivity (Wildman–Crippen MR) is 114 cm³/mol. The number of carbonyl (C=O) groups is 3. The number of carbonyl (C=O) groups excluding carboxylic acids is 3. The topological polar surface area (TPSA) is 81.8 Å². The highest BCUT2D eigenvalue weighted by Crippen LogP contribution is 2.24. The average molecular weight is 409 g/mol. The van der Waals surface area contributed by atoms with Crippen LogP contribution in [0.3, 0.4) is 0 Å². The van der Waals surface area contributed by atoms with Crippen molar-refractivity contribution >= 4 is 17.8 Å². The van der Waals surface area contributed by atoms with Gasteiger partial charge in [-0.2, -0.15) is 0 Å². The Morgan fingerprint density at radius 3 is 2.21 bits per heavy atom. The first-order valence-corrected chi connectivity index (χ1v) is 11.4. The maximum Gasteiger partial charge on any atom is 0.317 e. The largest absolute Gasteiger partial charge is 0.344 e. The van der Waals surface area contributed by atoms with E-state index in [0.717, 1.165) is 32.1 Å². The molecular weight excluding hydrogens is 368 g/mol. The van der Waals surface area contributed by atoms with Crippen LogP contribution in [0.5, 0.6) is 0 Å². The van der Waals surface area contributed by atoms with Crippen LogP contribution in [0.4, 0.5) is 4.79 Å². The van der Waals surface area contributed by atoms with E-state index >= 15 is 0 Å². The predicted octanol–water partition coefficient (Wildman–Crippen LogP) is 2.75. The molecule has 0 aromatic carbocycles. The molecule has 0 spiro atoms. The van der Waals surface area contributed by atoms with Gasteiger partial charge in [0.1, 0.15) is 6.04 Å². The summed E-state index contributed by atoms with van der Waals surface area (Å²) in [4.78, 5) is 42.1. The number of amides is 4. The minimum Gasteiger partial charge on any atom is -0.344 e. The number of rotatable bonds is 6. The maximum absolute atomic E-state index is 13.3. The Labute approximate surface area is 175 Å². The SMILES string of the molecule is CCC(C)C(NC(=O)C1CCCCC1)C(=O)N1CCN(C(=O)NC(C)C)C(C)C1. The smallest absolute Gasteiger partial charge is 0.317 e. The normalized spacial score (nSPS) is 22.9. The summed E-state index contributed by atoms with van der Waals surface area (Å²) < 4.78 is 0. The van der Waals surface area contributed by atoms with Crippen molar-refractivity contribution in [1.82, 2.24) is 20.4 Å². The molecule has 1 heterocycles. The van der Waals surface area contributed by atoms with Gasteiger partial charge in [0.25, 0.3) is 0 Å². The van der Waals surface area contributed by atoms with E-state index in [4.69, 9.17) is 0 Å². The van der Waals surface area contributed by atoms with E-state index in [1.165, 1.54) is 6.42 Å². The quantitative estimate of drug-likeness (QED) is 0.709. The monoisotopic (exact) mass is 408 g/mol. The number of urea groups is 1. The molecule has 1 aliphatic carbocycles. The Hall–Kier alpha value is -1.79. The van der Waals surface area contributed by atoms with Gasteiger partial charge in [0.15, 0.2) is 0 Å². The fourth-order valence-electron chi connectivity index (χ4n) is 4.31. The van der Waals surface area contributed by atoms with Gasteiger partial charge in [0.05, 0.1) is 0 Å². The van der Waals surface area contributed by atoms with Gasteiger partial charge in [0.2, 0.25) is 11.8 Å². The Morgan fingerprint density at radius 1 is 1.00 bits per heavy atom. The van der Waals surface area contributed by atoms with Crippen LogP contribution in [-0.4, -0.2) is 65.4 Å². The van der Waals surface area contributed by atoms with Crippen molar-refractivity contribution in [1.29, 1.82) is 0 Å². The van der Waals surface area contributed by atoms with Crippen LogP contribution in [-0.2, 0) is 9.59 Å². The molecule has 3 atom stereocenters. The average Bonchev–Trinajstić information content (AvgIpc) is 2.70. The van der Waals surface area contributed by atoms with Gasteiger partial charge in [-0.05, 0) is 39.5 Å². The molecule has 1 saturated carbocycles. The van der Waals surface area contributed by atoms with E-state index in [0.29, 0.717) is 19.6 Å². The molecular formula is C22H40N4O3. The number of hydrogen-bond acceptors (Lipinski definition) is 3.